The van der Waals surface area contributed by atoms with Gasteiger partial charge in [-0.05, 0) is 110 Å². The average Bonchev–Trinajstić information content (AvgIpc) is 3.78. The number of anilines is 3. The van der Waals surface area contributed by atoms with Gasteiger partial charge in [0.05, 0.1) is 23.4 Å². The van der Waals surface area contributed by atoms with Crippen molar-refractivity contribution < 1.29 is 19.8 Å². The minimum Gasteiger partial charge on any atom is -0.481 e. The first-order valence-corrected chi connectivity index (χ1v) is 20.1. The number of nitrogens with zero attached hydrogens (tertiary/aromatic N) is 6. The van der Waals surface area contributed by atoms with Gasteiger partial charge in [-0.2, -0.15) is 0 Å². The number of carboxylic acid groups (broad SMARTS) is 1. The van der Waals surface area contributed by atoms with Crippen LogP contribution in [0.15, 0.2) is 67.0 Å². The summed E-state index contributed by atoms with van der Waals surface area (Å²) in [5, 5.41) is 27.5. The van der Waals surface area contributed by atoms with Crippen molar-refractivity contribution in [3.05, 3.63) is 95.3 Å². The van der Waals surface area contributed by atoms with Gasteiger partial charge in [-0.3, -0.25) is 19.5 Å². The number of carboxylic acids is 1. The minimum atomic E-state index is -0.678. The molecule has 5 aromatic rings. The quantitative estimate of drug-likeness (QED) is 0.102. The standard InChI is InChI=1S/C43H49ClN8O4/c1-26-33(8-4-9-34(26)48-40-39-31(16-18-45-40)20-28(23-47-39)22-46-35-10-5-11-38(35)53)30-6-3-7-32(21-30)52(44)42(54)41-49-36-25-51(19-17-37(36)50(41)2)24-27-12-14-29(15-13-27)43(55)56/h3-4,6-9,16,18,20-21,23,27,29,35,38,46,53H,5,10-15,17,19,22,24-25H2,1-2H3,(H,45,48)(H,55,56)/t27?,29?,35-,38-/m0/s1. The zero-order valence-electron chi connectivity index (χ0n) is 31.9. The summed E-state index contributed by atoms with van der Waals surface area (Å²) in [6.07, 6.45) is 10.4. The van der Waals surface area contributed by atoms with E-state index in [0.717, 1.165) is 119 Å². The zero-order valence-corrected chi connectivity index (χ0v) is 32.7. The lowest BCUT2D eigenvalue weighted by Gasteiger charge is -2.33. The Morgan fingerprint density at radius 3 is 2.62 bits per heavy atom. The topological polar surface area (TPSA) is 149 Å². The number of amides is 1. The number of carbonyl (C=O) groups is 2. The summed E-state index contributed by atoms with van der Waals surface area (Å²) in [6.45, 7) is 5.14. The molecular weight excluding hydrogens is 728 g/mol. The van der Waals surface area contributed by atoms with Crippen molar-refractivity contribution in [2.24, 2.45) is 18.9 Å². The van der Waals surface area contributed by atoms with Crippen LogP contribution in [0.3, 0.4) is 0 Å². The summed E-state index contributed by atoms with van der Waals surface area (Å²) < 4.78 is 3.03. The first-order valence-electron chi connectivity index (χ1n) is 19.7. The number of pyridine rings is 2. The lowest BCUT2D eigenvalue weighted by molar-refractivity contribution is -0.143. The second-order valence-electron chi connectivity index (χ2n) is 15.7. The lowest BCUT2D eigenvalue weighted by atomic mass is 9.81. The van der Waals surface area contributed by atoms with Gasteiger partial charge in [-0.15, -0.1) is 0 Å². The van der Waals surface area contributed by atoms with Crippen molar-refractivity contribution in [1.29, 1.82) is 0 Å². The molecule has 2 saturated carbocycles. The van der Waals surface area contributed by atoms with Gasteiger partial charge in [-0.25, -0.2) is 14.4 Å². The van der Waals surface area contributed by atoms with Crippen LogP contribution in [0.2, 0.25) is 0 Å². The fourth-order valence-electron chi connectivity index (χ4n) is 8.82. The Morgan fingerprint density at radius 1 is 1.02 bits per heavy atom. The number of halogens is 1. The number of fused-ring (bicyclic) bond motifs is 2. The van der Waals surface area contributed by atoms with Crippen LogP contribution in [0.4, 0.5) is 17.2 Å². The van der Waals surface area contributed by atoms with Crippen molar-refractivity contribution >= 4 is 51.7 Å². The summed E-state index contributed by atoms with van der Waals surface area (Å²) in [5.74, 6) is 0.150. The maximum absolute atomic E-state index is 13.9. The highest BCUT2D eigenvalue weighted by Gasteiger charge is 2.31. The number of hydrogen-bond acceptors (Lipinski definition) is 9. The maximum atomic E-state index is 13.9. The Balaban J connectivity index is 0.949. The number of rotatable bonds is 11. The van der Waals surface area contributed by atoms with E-state index in [1.165, 1.54) is 0 Å². The molecule has 2 atom stereocenters. The first-order chi connectivity index (χ1) is 27.1. The second kappa shape index (κ2) is 16.3. The van der Waals surface area contributed by atoms with E-state index >= 15 is 0 Å². The van der Waals surface area contributed by atoms with Crippen LogP contribution in [0, 0.1) is 18.8 Å². The molecule has 4 heterocycles. The second-order valence-corrected chi connectivity index (χ2v) is 16.1. The van der Waals surface area contributed by atoms with E-state index in [4.69, 9.17) is 21.7 Å². The fourth-order valence-corrected chi connectivity index (χ4v) is 9.00. The molecule has 292 valence electrons. The molecular formula is C43H49ClN8O4. The van der Waals surface area contributed by atoms with E-state index in [2.05, 4.69) is 33.5 Å². The Bertz CT molecular complexity index is 2250. The zero-order chi connectivity index (χ0) is 38.9. The van der Waals surface area contributed by atoms with E-state index in [0.29, 0.717) is 36.3 Å². The van der Waals surface area contributed by atoms with Crippen LogP contribution in [0.1, 0.15) is 78.1 Å². The maximum Gasteiger partial charge on any atom is 0.308 e. The third-order valence-electron chi connectivity index (χ3n) is 12.1. The molecule has 0 spiro atoms. The molecule has 2 fully saturated rings. The number of hydrogen-bond donors (Lipinski definition) is 4. The Kier molecular flexibility index (Phi) is 11.1. The molecule has 0 radical (unpaired) electrons. The van der Waals surface area contributed by atoms with E-state index in [1.54, 1.807) is 6.20 Å². The van der Waals surface area contributed by atoms with E-state index in [-0.39, 0.29) is 18.1 Å². The third kappa shape index (κ3) is 7.88. The molecule has 13 heteroatoms. The number of nitrogens with one attached hydrogen (secondary N) is 2. The van der Waals surface area contributed by atoms with Crippen molar-refractivity contribution in [3.63, 3.8) is 0 Å². The van der Waals surface area contributed by atoms with Crippen LogP contribution in [0.5, 0.6) is 0 Å². The molecule has 2 aromatic carbocycles. The number of aliphatic carboxylic acids is 1. The minimum absolute atomic E-state index is 0.124. The smallest absolute Gasteiger partial charge is 0.308 e. The van der Waals surface area contributed by atoms with Crippen molar-refractivity contribution in [2.75, 3.05) is 22.8 Å². The van der Waals surface area contributed by atoms with E-state index in [1.807, 2.05) is 66.3 Å². The Morgan fingerprint density at radius 2 is 1.84 bits per heavy atom. The predicted molar refractivity (Wildman–Crippen MR) is 218 cm³/mol. The number of carbonyl (C=O) groups excluding carboxylic acids is 1. The molecule has 56 heavy (non-hydrogen) atoms. The number of imidazole rings is 1. The normalized spacial score (nSPS) is 21.2. The van der Waals surface area contributed by atoms with Crippen LogP contribution >= 0.6 is 11.8 Å². The number of benzene rings is 2. The van der Waals surface area contributed by atoms with E-state index < -0.39 is 11.9 Å². The largest absolute Gasteiger partial charge is 0.481 e. The van der Waals surface area contributed by atoms with Gasteiger partial charge in [0.1, 0.15) is 5.52 Å². The molecule has 2 aliphatic carbocycles. The van der Waals surface area contributed by atoms with Gasteiger partial charge in [0.15, 0.2) is 5.82 Å². The Hall–Kier alpha value is -4.88. The summed E-state index contributed by atoms with van der Waals surface area (Å²) >= 11 is 6.82. The van der Waals surface area contributed by atoms with Gasteiger partial charge in [-0.1, -0.05) is 24.3 Å². The highest BCUT2D eigenvalue weighted by Crippen LogP contribution is 2.35. The molecule has 1 amide bonds. The SMILES string of the molecule is Cc1c(Nc2nccc3cc(CN[C@H]4CCC[C@@H]4O)cnc23)cccc1-c1cccc(N(Cl)C(=O)c2nc3c(n2C)CCN(CC2CCC(C(=O)O)CC2)C3)c1. The van der Waals surface area contributed by atoms with Gasteiger partial charge in [0.2, 0.25) is 5.82 Å². The number of aliphatic hydroxyl groups excluding tert-OH is 1. The molecule has 3 aromatic heterocycles. The molecule has 0 bridgehead atoms. The lowest BCUT2D eigenvalue weighted by Crippen LogP contribution is -2.36. The van der Waals surface area contributed by atoms with Crippen LogP contribution < -0.4 is 15.1 Å². The summed E-state index contributed by atoms with van der Waals surface area (Å²) in [6, 6.07) is 17.9. The first kappa shape index (κ1) is 38.0. The summed E-state index contributed by atoms with van der Waals surface area (Å²) in [5.41, 5.74) is 8.08. The molecule has 1 aliphatic heterocycles. The molecule has 4 N–H and O–H groups in total. The molecule has 12 nitrogen and oxygen atoms in total. The van der Waals surface area contributed by atoms with Crippen LogP contribution in [0.25, 0.3) is 22.0 Å². The number of aliphatic hydroxyl groups is 1. The monoisotopic (exact) mass is 776 g/mol. The summed E-state index contributed by atoms with van der Waals surface area (Å²) in [4.78, 5) is 41.9. The predicted octanol–water partition coefficient (Wildman–Crippen LogP) is 7.14. The highest BCUT2D eigenvalue weighted by molar-refractivity contribution is 6.38. The third-order valence-corrected chi connectivity index (χ3v) is 12.4. The fraction of sp³-hybridized carbons (Fsp3) is 0.419. The van der Waals surface area contributed by atoms with Gasteiger partial charge < -0.3 is 25.4 Å². The molecule has 8 rings (SSSR count). The van der Waals surface area contributed by atoms with Crippen LogP contribution in [-0.4, -0.2) is 71.7 Å². The van der Waals surface area contributed by atoms with Crippen molar-refractivity contribution in [1.82, 2.24) is 29.7 Å². The van der Waals surface area contributed by atoms with Gasteiger partial charge in [0, 0.05) is 86.6 Å². The van der Waals surface area contributed by atoms with Gasteiger partial charge >= 0.3 is 11.9 Å². The van der Waals surface area contributed by atoms with Crippen molar-refractivity contribution in [3.8, 4) is 11.1 Å². The van der Waals surface area contributed by atoms with Crippen molar-refractivity contribution in [2.45, 2.75) is 83.5 Å². The molecule has 3 aliphatic rings. The molecule has 0 saturated heterocycles. The van der Waals surface area contributed by atoms with Gasteiger partial charge in [0.25, 0.3) is 0 Å². The highest BCUT2D eigenvalue weighted by atomic mass is 35.5. The summed E-state index contributed by atoms with van der Waals surface area (Å²) in [7, 11) is 1.88. The molecule has 0 unspecified atom stereocenters. The number of aromatic nitrogens is 4. The van der Waals surface area contributed by atoms with Crippen LogP contribution in [-0.2, 0) is 31.4 Å². The average molecular weight is 777 g/mol. The van der Waals surface area contributed by atoms with E-state index in [9.17, 15) is 19.8 Å². The Labute approximate surface area is 332 Å².